The predicted molar refractivity (Wildman–Crippen MR) is 131 cm³/mol. The lowest BCUT2D eigenvalue weighted by Gasteiger charge is -2.13. The number of rotatable bonds is 9. The second kappa shape index (κ2) is 11.6. The lowest BCUT2D eigenvalue weighted by molar-refractivity contribution is -0.274. The Hall–Kier alpha value is -2.08. The summed E-state index contributed by atoms with van der Waals surface area (Å²) >= 11 is 3.79. The first-order valence-electron chi connectivity index (χ1n) is 9.07. The lowest BCUT2D eigenvalue weighted by Crippen LogP contribution is -2.30. The van der Waals surface area contributed by atoms with Crippen molar-refractivity contribution < 1.29 is 45.4 Å². The zero-order chi connectivity index (χ0) is 25.7. The number of nitrogens with one attached hydrogen (secondary N) is 1. The third-order valence-corrected chi connectivity index (χ3v) is 6.72. The molecule has 0 aliphatic rings. The van der Waals surface area contributed by atoms with Crippen LogP contribution in [0.15, 0.2) is 53.4 Å². The smallest absolute Gasteiger partial charge is 0.488 e. The van der Waals surface area contributed by atoms with E-state index in [2.05, 4.69) is 11.3 Å². The van der Waals surface area contributed by atoms with Crippen molar-refractivity contribution in [3.05, 3.63) is 61.3 Å². The number of carbonyl (C=O) groups excluding carboxylic acids is 2. The molecule has 8 nitrogen and oxygen atoms in total. The average Bonchev–Trinajstić information content (AvgIpc) is 2.71. The molecule has 0 radical (unpaired) electrons. The Morgan fingerprint density at radius 3 is 2.12 bits per heavy atom. The summed E-state index contributed by atoms with van der Waals surface area (Å²) in [6, 6.07) is 6.17. The summed E-state index contributed by atoms with van der Waals surface area (Å²) in [5.41, 5.74) is 0.260. The number of halogens is 5. The molecule has 0 saturated heterocycles. The van der Waals surface area contributed by atoms with Crippen LogP contribution in [0.3, 0.4) is 0 Å². The summed E-state index contributed by atoms with van der Waals surface area (Å²) in [7, 11) is -4.36. The molecule has 0 unspecified atom stereocenters. The van der Waals surface area contributed by atoms with Crippen molar-refractivity contribution in [1.82, 2.24) is 4.72 Å². The minimum atomic E-state index is -4.92. The topological polar surface area (TPSA) is 108 Å². The molecule has 0 aromatic heterocycles. The highest BCUT2D eigenvalue weighted by Gasteiger charge is 2.31. The van der Waals surface area contributed by atoms with Gasteiger partial charge >= 0.3 is 12.3 Å². The van der Waals surface area contributed by atoms with Crippen LogP contribution in [-0.4, -0.2) is 39.9 Å². The van der Waals surface area contributed by atoms with Gasteiger partial charge in [-0.2, -0.15) is 0 Å². The second-order valence-corrected chi connectivity index (χ2v) is 10.5. The second-order valence-electron chi connectivity index (χ2n) is 6.49. The fourth-order valence-corrected chi connectivity index (χ4v) is 5.34. The van der Waals surface area contributed by atoms with E-state index in [0.717, 1.165) is 24.3 Å². The van der Waals surface area contributed by atoms with Crippen molar-refractivity contribution in [2.24, 2.45) is 0 Å². The fourth-order valence-electron chi connectivity index (χ4n) is 2.29. The monoisotopic (exact) mass is 725 g/mol. The molecule has 0 aliphatic heterocycles. The summed E-state index contributed by atoms with van der Waals surface area (Å²) in [4.78, 5) is 23.5. The molecule has 0 bridgehead atoms. The van der Waals surface area contributed by atoms with E-state index in [4.69, 9.17) is 9.47 Å². The van der Waals surface area contributed by atoms with Gasteiger partial charge in [-0.25, -0.2) is 17.9 Å². The standard InChI is InChI=1S/C20H16F3I2NO7S/c1-11(2)19(28)32-8-7-31-17-15(24)9-12(10-16(17)25)18(27)26-34(29,30)14-5-3-13(4-6-14)33-20(21,22)23/h3-6,9-10H,1,7-8H2,2H3,(H,26,27). The van der Waals surface area contributed by atoms with Crippen LogP contribution in [0.2, 0.25) is 0 Å². The number of hydrogen-bond donors (Lipinski definition) is 1. The summed E-state index contributed by atoms with van der Waals surface area (Å²) in [6.45, 7) is 4.99. The van der Waals surface area contributed by atoms with Gasteiger partial charge < -0.3 is 14.2 Å². The summed E-state index contributed by atoms with van der Waals surface area (Å²) in [5.74, 6) is -1.70. The number of hydrogen-bond acceptors (Lipinski definition) is 7. The Labute approximate surface area is 220 Å². The zero-order valence-electron chi connectivity index (χ0n) is 17.2. The summed E-state index contributed by atoms with van der Waals surface area (Å²) in [6.07, 6.45) is -4.92. The molecule has 0 heterocycles. The van der Waals surface area contributed by atoms with Crippen molar-refractivity contribution in [2.45, 2.75) is 18.2 Å². The Morgan fingerprint density at radius 1 is 1.06 bits per heavy atom. The molecule has 2 aromatic carbocycles. The number of alkyl halides is 3. The van der Waals surface area contributed by atoms with Gasteiger partial charge in [-0.15, -0.1) is 13.2 Å². The highest BCUT2D eigenvalue weighted by atomic mass is 127. The third-order valence-electron chi connectivity index (χ3n) is 3.77. The highest BCUT2D eigenvalue weighted by molar-refractivity contribution is 14.1. The van der Waals surface area contributed by atoms with Crippen molar-refractivity contribution >= 4 is 67.1 Å². The number of sulfonamides is 1. The molecular formula is C20H16F3I2NO7S. The lowest BCUT2D eigenvalue weighted by atomic mass is 10.2. The van der Waals surface area contributed by atoms with E-state index in [-0.39, 0.29) is 24.4 Å². The van der Waals surface area contributed by atoms with E-state index >= 15 is 0 Å². The maximum absolute atomic E-state index is 12.5. The minimum Gasteiger partial charge on any atom is -0.488 e. The van der Waals surface area contributed by atoms with Gasteiger partial charge in [-0.05, 0) is 88.5 Å². The van der Waals surface area contributed by atoms with E-state index in [1.54, 1.807) is 0 Å². The van der Waals surface area contributed by atoms with Crippen molar-refractivity contribution in [3.8, 4) is 11.5 Å². The normalized spacial score (nSPS) is 11.5. The summed E-state index contributed by atoms with van der Waals surface area (Å²) in [5, 5.41) is 0. The van der Waals surface area contributed by atoms with Gasteiger partial charge in [0.15, 0.2) is 0 Å². The van der Waals surface area contributed by atoms with Gasteiger partial charge in [0, 0.05) is 11.1 Å². The molecule has 0 saturated carbocycles. The van der Waals surface area contributed by atoms with Gasteiger partial charge in [0.2, 0.25) is 0 Å². The van der Waals surface area contributed by atoms with Crippen LogP contribution in [0, 0.1) is 7.14 Å². The molecule has 34 heavy (non-hydrogen) atoms. The molecule has 0 spiro atoms. The number of amides is 1. The first kappa shape index (κ1) is 28.2. The fraction of sp³-hybridized carbons (Fsp3) is 0.200. The number of esters is 1. The molecule has 14 heteroatoms. The van der Waals surface area contributed by atoms with Crippen LogP contribution in [0.1, 0.15) is 17.3 Å². The predicted octanol–water partition coefficient (Wildman–Crippen LogP) is 4.41. The third kappa shape index (κ3) is 8.30. The molecule has 1 N–H and O–H groups in total. The quantitative estimate of drug-likeness (QED) is 0.177. The SMILES string of the molecule is C=C(C)C(=O)OCCOc1c(I)cc(C(=O)NS(=O)(=O)c2ccc(OC(F)(F)F)cc2)cc1I. The molecule has 2 rings (SSSR count). The molecule has 1 amide bonds. The van der Waals surface area contributed by atoms with Gasteiger partial charge in [-0.1, -0.05) is 6.58 Å². The average molecular weight is 725 g/mol. The molecule has 0 fully saturated rings. The van der Waals surface area contributed by atoms with Crippen LogP contribution in [0.25, 0.3) is 0 Å². The first-order chi connectivity index (χ1) is 15.7. The maximum atomic E-state index is 12.5. The molecule has 0 aliphatic carbocycles. The molecule has 0 atom stereocenters. The largest absolute Gasteiger partial charge is 0.573 e. The van der Waals surface area contributed by atoms with Crippen LogP contribution in [0.5, 0.6) is 11.5 Å². The van der Waals surface area contributed by atoms with Gasteiger partial charge in [0.1, 0.15) is 24.7 Å². The Bertz CT molecular complexity index is 1180. The van der Waals surface area contributed by atoms with Crippen molar-refractivity contribution in [1.29, 1.82) is 0 Å². The molecular weight excluding hydrogens is 709 g/mol. The van der Waals surface area contributed by atoms with Crippen LogP contribution < -0.4 is 14.2 Å². The minimum absolute atomic E-state index is 0.00969. The van der Waals surface area contributed by atoms with E-state index in [1.165, 1.54) is 19.1 Å². The van der Waals surface area contributed by atoms with Gasteiger partial charge in [0.25, 0.3) is 15.9 Å². The van der Waals surface area contributed by atoms with Gasteiger partial charge in [-0.3, -0.25) is 4.79 Å². The Kier molecular flexibility index (Phi) is 9.58. The highest BCUT2D eigenvalue weighted by Crippen LogP contribution is 2.29. The van der Waals surface area contributed by atoms with Crippen molar-refractivity contribution in [2.75, 3.05) is 13.2 Å². The van der Waals surface area contributed by atoms with Crippen LogP contribution in [0.4, 0.5) is 13.2 Å². The number of carbonyl (C=O) groups is 2. The Balaban J connectivity index is 2.07. The maximum Gasteiger partial charge on any atom is 0.573 e. The first-order valence-corrected chi connectivity index (χ1v) is 12.7. The van der Waals surface area contributed by atoms with E-state index < -0.39 is 38.9 Å². The van der Waals surface area contributed by atoms with Gasteiger partial charge in [0.05, 0.1) is 12.0 Å². The van der Waals surface area contributed by atoms with Crippen LogP contribution >= 0.6 is 45.2 Å². The van der Waals surface area contributed by atoms with E-state index in [0.29, 0.717) is 12.9 Å². The van der Waals surface area contributed by atoms with E-state index in [9.17, 15) is 31.2 Å². The summed E-state index contributed by atoms with van der Waals surface area (Å²) < 4.78 is 78.7. The molecule has 184 valence electrons. The molecule has 2 aromatic rings. The number of benzene rings is 2. The van der Waals surface area contributed by atoms with Crippen LogP contribution in [-0.2, 0) is 19.6 Å². The number of ether oxygens (including phenoxy) is 3. The van der Waals surface area contributed by atoms with Crippen molar-refractivity contribution in [3.63, 3.8) is 0 Å². The van der Waals surface area contributed by atoms with E-state index in [1.807, 2.05) is 49.9 Å². The Morgan fingerprint density at radius 2 is 1.62 bits per heavy atom. The zero-order valence-corrected chi connectivity index (χ0v) is 22.4.